The van der Waals surface area contributed by atoms with Crippen molar-refractivity contribution in [3.63, 3.8) is 0 Å². The fraction of sp³-hybridized carbons (Fsp3) is 0.455. The van der Waals surface area contributed by atoms with Gasteiger partial charge in [-0.05, 0) is 61.6 Å². The largest absolute Gasteiger partial charge is 0.490 e. The summed E-state index contributed by atoms with van der Waals surface area (Å²) >= 11 is 3.68. The van der Waals surface area contributed by atoms with Gasteiger partial charge in [-0.2, -0.15) is 0 Å². The minimum absolute atomic E-state index is 0.533. The Labute approximate surface area is 166 Å². The molecule has 0 radical (unpaired) electrons. The maximum Gasteiger partial charge on any atom is 0.162 e. The van der Waals surface area contributed by atoms with Crippen LogP contribution < -0.4 is 14.8 Å². The van der Waals surface area contributed by atoms with Gasteiger partial charge < -0.3 is 14.8 Å². The van der Waals surface area contributed by atoms with E-state index in [-0.39, 0.29) is 0 Å². The van der Waals surface area contributed by atoms with Crippen molar-refractivity contribution in [2.75, 3.05) is 13.2 Å². The third-order valence-corrected chi connectivity index (χ3v) is 5.01. The van der Waals surface area contributed by atoms with Crippen LogP contribution in [0.4, 0.5) is 0 Å². The van der Waals surface area contributed by atoms with Gasteiger partial charge in [-0.25, -0.2) is 0 Å². The average Bonchev–Trinajstić information content (AvgIpc) is 2.60. The number of nitrogens with one attached hydrogen (secondary N) is 1. The number of halogens is 1. The van der Waals surface area contributed by atoms with Crippen LogP contribution in [0.25, 0.3) is 0 Å². The van der Waals surface area contributed by atoms with Gasteiger partial charge in [-0.1, -0.05) is 54.0 Å². The first-order valence-electron chi connectivity index (χ1n) is 9.34. The van der Waals surface area contributed by atoms with E-state index in [1.54, 1.807) is 0 Å². The number of rotatable bonds is 10. The van der Waals surface area contributed by atoms with E-state index in [1.165, 1.54) is 23.1 Å². The van der Waals surface area contributed by atoms with Crippen molar-refractivity contribution >= 4 is 15.9 Å². The molecule has 0 bridgehead atoms. The van der Waals surface area contributed by atoms with Crippen molar-refractivity contribution in [1.82, 2.24) is 5.32 Å². The minimum Gasteiger partial charge on any atom is -0.490 e. The SMILES string of the molecule is CCOc1cc(CNCCC(C)C)c(Br)cc1OCc1ccccc1C. The van der Waals surface area contributed by atoms with Crippen LogP contribution in [0.3, 0.4) is 0 Å². The number of hydrogen-bond donors (Lipinski definition) is 1. The van der Waals surface area contributed by atoms with Crippen molar-refractivity contribution in [1.29, 1.82) is 0 Å². The van der Waals surface area contributed by atoms with Gasteiger partial charge >= 0.3 is 0 Å². The molecule has 2 rings (SSSR count). The molecule has 0 fully saturated rings. The molecular weight excluding hydrogens is 390 g/mol. The van der Waals surface area contributed by atoms with Gasteiger partial charge in [-0.15, -0.1) is 0 Å². The Morgan fingerprint density at radius 2 is 1.77 bits per heavy atom. The molecule has 142 valence electrons. The van der Waals surface area contributed by atoms with Crippen LogP contribution in [-0.4, -0.2) is 13.2 Å². The maximum absolute atomic E-state index is 6.07. The van der Waals surface area contributed by atoms with Crippen molar-refractivity contribution in [3.05, 3.63) is 57.6 Å². The topological polar surface area (TPSA) is 30.5 Å². The zero-order chi connectivity index (χ0) is 18.9. The lowest BCUT2D eigenvalue weighted by Crippen LogP contribution is -2.16. The maximum atomic E-state index is 6.07. The van der Waals surface area contributed by atoms with E-state index >= 15 is 0 Å². The van der Waals surface area contributed by atoms with E-state index in [9.17, 15) is 0 Å². The van der Waals surface area contributed by atoms with Crippen LogP contribution in [0.2, 0.25) is 0 Å². The lowest BCUT2D eigenvalue weighted by molar-refractivity contribution is 0.268. The summed E-state index contributed by atoms with van der Waals surface area (Å²) < 4.78 is 12.9. The Bertz CT molecular complexity index is 701. The van der Waals surface area contributed by atoms with Crippen LogP contribution >= 0.6 is 15.9 Å². The summed E-state index contributed by atoms with van der Waals surface area (Å²) in [6.07, 6.45) is 1.17. The first kappa shape index (κ1) is 20.8. The molecule has 1 N–H and O–H groups in total. The molecule has 0 spiro atoms. The highest BCUT2D eigenvalue weighted by Gasteiger charge is 2.12. The first-order chi connectivity index (χ1) is 12.5. The molecule has 0 heterocycles. The van der Waals surface area contributed by atoms with Crippen LogP contribution in [0, 0.1) is 12.8 Å². The average molecular weight is 420 g/mol. The Balaban J connectivity index is 2.08. The fourth-order valence-electron chi connectivity index (χ4n) is 2.64. The zero-order valence-corrected chi connectivity index (χ0v) is 17.9. The Hall–Kier alpha value is -1.52. The summed E-state index contributed by atoms with van der Waals surface area (Å²) in [5, 5.41) is 3.50. The molecule has 0 saturated carbocycles. The molecule has 3 nitrogen and oxygen atoms in total. The molecule has 0 aliphatic heterocycles. The number of aryl methyl sites for hydroxylation is 1. The minimum atomic E-state index is 0.533. The highest BCUT2D eigenvalue weighted by molar-refractivity contribution is 9.10. The van der Waals surface area contributed by atoms with E-state index < -0.39 is 0 Å². The van der Waals surface area contributed by atoms with Crippen molar-refractivity contribution in [2.45, 2.75) is 47.3 Å². The van der Waals surface area contributed by atoms with Gasteiger partial charge in [-0.3, -0.25) is 0 Å². The smallest absolute Gasteiger partial charge is 0.162 e. The monoisotopic (exact) mass is 419 g/mol. The second-order valence-electron chi connectivity index (χ2n) is 6.90. The van der Waals surface area contributed by atoms with E-state index in [1.807, 2.05) is 25.1 Å². The Morgan fingerprint density at radius 1 is 1.04 bits per heavy atom. The molecule has 2 aromatic rings. The van der Waals surface area contributed by atoms with E-state index in [4.69, 9.17) is 9.47 Å². The van der Waals surface area contributed by atoms with Crippen molar-refractivity contribution < 1.29 is 9.47 Å². The second kappa shape index (κ2) is 10.6. The predicted octanol–water partition coefficient (Wildman–Crippen LogP) is 5.87. The molecule has 0 aliphatic carbocycles. The number of ether oxygens (including phenoxy) is 2. The van der Waals surface area contributed by atoms with Gasteiger partial charge in [0.2, 0.25) is 0 Å². The standard InChI is InChI=1S/C22H30BrNO2/c1-5-25-21-12-19(14-24-11-10-16(2)3)20(23)13-22(21)26-15-18-9-7-6-8-17(18)4/h6-9,12-13,16,24H,5,10-11,14-15H2,1-4H3. The fourth-order valence-corrected chi connectivity index (χ4v) is 3.10. The summed E-state index contributed by atoms with van der Waals surface area (Å²) in [7, 11) is 0. The lowest BCUT2D eigenvalue weighted by Gasteiger charge is -2.16. The molecule has 2 aromatic carbocycles. The lowest BCUT2D eigenvalue weighted by atomic mass is 10.1. The van der Waals surface area contributed by atoms with Gasteiger partial charge in [0.1, 0.15) is 6.61 Å². The highest BCUT2D eigenvalue weighted by Crippen LogP contribution is 2.34. The normalized spacial score (nSPS) is 11.0. The van der Waals surface area contributed by atoms with Crippen molar-refractivity contribution in [3.8, 4) is 11.5 Å². The first-order valence-corrected chi connectivity index (χ1v) is 10.1. The number of hydrogen-bond acceptors (Lipinski definition) is 3. The second-order valence-corrected chi connectivity index (χ2v) is 7.75. The van der Waals surface area contributed by atoms with E-state index in [2.05, 4.69) is 60.2 Å². The molecule has 0 aromatic heterocycles. The van der Waals surface area contributed by atoms with Gasteiger partial charge in [0.25, 0.3) is 0 Å². The Morgan fingerprint density at radius 3 is 2.46 bits per heavy atom. The molecule has 0 amide bonds. The molecule has 0 saturated heterocycles. The Kier molecular flexibility index (Phi) is 8.46. The molecular formula is C22H30BrNO2. The molecule has 0 unspecified atom stereocenters. The molecule has 0 atom stereocenters. The van der Waals surface area contributed by atoms with Crippen LogP contribution in [0.15, 0.2) is 40.9 Å². The van der Waals surface area contributed by atoms with Gasteiger partial charge in [0.05, 0.1) is 6.61 Å². The summed E-state index contributed by atoms with van der Waals surface area (Å²) in [5.41, 5.74) is 3.60. The summed E-state index contributed by atoms with van der Waals surface area (Å²) in [6.45, 7) is 11.5. The van der Waals surface area contributed by atoms with Gasteiger partial charge in [0, 0.05) is 11.0 Å². The van der Waals surface area contributed by atoms with Crippen LogP contribution in [0.1, 0.15) is 43.9 Å². The van der Waals surface area contributed by atoms with Crippen LogP contribution in [-0.2, 0) is 13.2 Å². The zero-order valence-electron chi connectivity index (χ0n) is 16.3. The van der Waals surface area contributed by atoms with E-state index in [0.29, 0.717) is 19.1 Å². The third-order valence-electron chi connectivity index (χ3n) is 4.27. The predicted molar refractivity (Wildman–Crippen MR) is 112 cm³/mol. The molecule has 0 aliphatic rings. The molecule has 4 heteroatoms. The summed E-state index contributed by atoms with van der Waals surface area (Å²) in [4.78, 5) is 0. The molecule has 26 heavy (non-hydrogen) atoms. The van der Waals surface area contributed by atoms with E-state index in [0.717, 1.165) is 29.1 Å². The highest BCUT2D eigenvalue weighted by atomic mass is 79.9. The van der Waals surface area contributed by atoms with Crippen LogP contribution in [0.5, 0.6) is 11.5 Å². The van der Waals surface area contributed by atoms with Gasteiger partial charge in [0.15, 0.2) is 11.5 Å². The third kappa shape index (κ3) is 6.33. The number of benzene rings is 2. The van der Waals surface area contributed by atoms with Crippen molar-refractivity contribution in [2.24, 2.45) is 5.92 Å². The quantitative estimate of drug-likeness (QED) is 0.488. The summed E-state index contributed by atoms with van der Waals surface area (Å²) in [5.74, 6) is 2.28. The summed E-state index contributed by atoms with van der Waals surface area (Å²) in [6, 6.07) is 12.4.